The molecule has 0 aromatic carbocycles. The summed E-state index contributed by atoms with van der Waals surface area (Å²) in [5, 5.41) is 21.5. The molecule has 2 N–H and O–H groups in total. The van der Waals surface area contributed by atoms with Crippen molar-refractivity contribution >= 4 is 11.8 Å². The van der Waals surface area contributed by atoms with E-state index in [2.05, 4.69) is 20.8 Å². The molecule has 5 nitrogen and oxygen atoms in total. The maximum absolute atomic E-state index is 13.7. The molecule has 0 aliphatic heterocycles. The van der Waals surface area contributed by atoms with E-state index in [9.17, 15) is 19.8 Å². The molecule has 7 unspecified atom stereocenters. The third-order valence-corrected chi connectivity index (χ3v) is 10.3. The van der Waals surface area contributed by atoms with E-state index in [1.165, 1.54) is 7.11 Å². The number of ether oxygens (including phenoxy) is 1. The molecule has 0 radical (unpaired) electrons. The molecule has 0 aromatic rings. The molecule has 0 saturated heterocycles. The fourth-order valence-electron chi connectivity index (χ4n) is 8.51. The van der Waals surface area contributed by atoms with Gasteiger partial charge in [-0.1, -0.05) is 20.8 Å². The highest BCUT2D eigenvalue weighted by Crippen LogP contribution is 2.67. The predicted octanol–water partition coefficient (Wildman–Crippen LogP) is 3.75. The lowest BCUT2D eigenvalue weighted by molar-refractivity contribution is -0.181. The molecule has 4 aliphatic rings. The molecular formula is C25H40O5. The average Bonchev–Trinajstić information content (AvgIpc) is 3.06. The first-order valence-electron chi connectivity index (χ1n) is 12.1. The highest BCUT2D eigenvalue weighted by molar-refractivity contribution is 5.87. The van der Waals surface area contributed by atoms with Gasteiger partial charge in [-0.25, -0.2) is 0 Å². The molecule has 0 amide bonds. The Balaban J connectivity index is 1.59. The van der Waals surface area contributed by atoms with Crippen molar-refractivity contribution in [3.8, 4) is 0 Å². The Morgan fingerprint density at radius 3 is 2.60 bits per heavy atom. The zero-order valence-corrected chi connectivity index (χ0v) is 19.1. The van der Waals surface area contributed by atoms with Crippen molar-refractivity contribution < 1.29 is 24.5 Å². The third kappa shape index (κ3) is 3.26. The van der Waals surface area contributed by atoms with Gasteiger partial charge >= 0.3 is 5.97 Å². The van der Waals surface area contributed by atoms with E-state index in [4.69, 9.17) is 4.74 Å². The van der Waals surface area contributed by atoms with Gasteiger partial charge in [-0.05, 0) is 85.9 Å². The summed E-state index contributed by atoms with van der Waals surface area (Å²) in [4.78, 5) is 25.4. The first-order valence-corrected chi connectivity index (χ1v) is 12.1. The number of ketones is 1. The molecule has 30 heavy (non-hydrogen) atoms. The molecule has 0 aromatic heterocycles. The lowest BCUT2D eigenvalue weighted by Gasteiger charge is -2.61. The zero-order valence-electron chi connectivity index (χ0n) is 19.1. The van der Waals surface area contributed by atoms with Crippen molar-refractivity contribution in [3.05, 3.63) is 0 Å². The minimum atomic E-state index is -0.394. The summed E-state index contributed by atoms with van der Waals surface area (Å²) in [6.45, 7) is 6.67. The summed E-state index contributed by atoms with van der Waals surface area (Å²) in [6.07, 6.45) is 6.39. The number of carbonyl (C=O) groups is 2. The number of Topliss-reactive ketones (excluding diaryl/α,β-unsaturated/α-hetero) is 1. The number of hydrogen-bond acceptors (Lipinski definition) is 5. The number of esters is 1. The van der Waals surface area contributed by atoms with E-state index in [0.29, 0.717) is 24.5 Å². The van der Waals surface area contributed by atoms with Crippen LogP contribution in [-0.4, -0.2) is 41.3 Å². The fraction of sp³-hybridized carbons (Fsp3) is 0.920. The highest BCUT2D eigenvalue weighted by Gasteiger charge is 2.65. The van der Waals surface area contributed by atoms with Crippen LogP contribution in [-0.2, 0) is 14.3 Å². The van der Waals surface area contributed by atoms with E-state index in [0.717, 1.165) is 44.9 Å². The molecule has 0 spiro atoms. The molecule has 0 bridgehead atoms. The molecule has 5 heteroatoms. The van der Waals surface area contributed by atoms with Crippen LogP contribution in [0.2, 0.25) is 0 Å². The van der Waals surface area contributed by atoms with Gasteiger partial charge in [0.15, 0.2) is 0 Å². The minimum absolute atomic E-state index is 0.0503. The number of fused-ring (bicyclic) bond motifs is 5. The summed E-state index contributed by atoms with van der Waals surface area (Å²) >= 11 is 0. The summed E-state index contributed by atoms with van der Waals surface area (Å²) in [7, 11) is 1.42. The lowest BCUT2D eigenvalue weighted by atomic mass is 9.43. The number of carbonyl (C=O) groups excluding carboxylic acids is 2. The van der Waals surface area contributed by atoms with Crippen LogP contribution in [0.1, 0.15) is 78.6 Å². The molecule has 4 rings (SSSR count). The van der Waals surface area contributed by atoms with Crippen molar-refractivity contribution in [2.45, 2.75) is 90.8 Å². The first kappa shape index (κ1) is 22.3. The Bertz CT molecular complexity index is 691. The van der Waals surface area contributed by atoms with E-state index in [-0.39, 0.29) is 53.2 Å². The van der Waals surface area contributed by atoms with Gasteiger partial charge in [-0.15, -0.1) is 0 Å². The van der Waals surface area contributed by atoms with E-state index in [1.54, 1.807) is 0 Å². The van der Waals surface area contributed by atoms with E-state index in [1.807, 2.05) is 0 Å². The standard InChI is InChI=1S/C25H40O5/c1-14(5-8-22(29)30-4)17-6-7-18-23-19(13-21(28)25(17,18)3)24(2)10-9-16(26)11-15(24)12-20(23)27/h14-20,23,26-27H,5-13H2,1-4H3/t14?,15-,16-,17?,18?,19?,20-,23?,24?,25?/m1/s1. The smallest absolute Gasteiger partial charge is 0.305 e. The largest absolute Gasteiger partial charge is 0.469 e. The van der Waals surface area contributed by atoms with Crippen molar-refractivity contribution in [1.29, 1.82) is 0 Å². The number of hydrogen-bond donors (Lipinski definition) is 2. The van der Waals surface area contributed by atoms with Crippen molar-refractivity contribution in [2.24, 2.45) is 46.3 Å². The highest BCUT2D eigenvalue weighted by atomic mass is 16.5. The summed E-state index contributed by atoms with van der Waals surface area (Å²) < 4.78 is 4.81. The Labute approximate surface area is 180 Å². The topological polar surface area (TPSA) is 83.8 Å². The van der Waals surface area contributed by atoms with Crippen LogP contribution in [0, 0.1) is 46.3 Å². The SMILES string of the molecule is COC(=O)CCC(C)C1CCC2C3C(CC(=O)C12C)C1(C)CC[C@@H](O)C[C@@H]1C[C@H]3O. The number of aliphatic hydroxyl groups is 2. The maximum atomic E-state index is 13.7. The Morgan fingerprint density at radius 2 is 1.90 bits per heavy atom. The lowest BCUT2D eigenvalue weighted by Crippen LogP contribution is -2.61. The first-order chi connectivity index (χ1) is 14.1. The molecule has 10 atom stereocenters. The second-order valence-electron chi connectivity index (χ2n) is 11.4. The van der Waals surface area contributed by atoms with Crippen molar-refractivity contribution in [2.75, 3.05) is 7.11 Å². The Kier molecular flexibility index (Phi) is 5.85. The van der Waals surface area contributed by atoms with Crippen molar-refractivity contribution in [1.82, 2.24) is 0 Å². The second kappa shape index (κ2) is 7.88. The molecule has 4 saturated carbocycles. The van der Waals surface area contributed by atoms with Crippen molar-refractivity contribution in [3.63, 3.8) is 0 Å². The van der Waals surface area contributed by atoms with Crippen LogP contribution in [0.4, 0.5) is 0 Å². The van der Waals surface area contributed by atoms with Crippen LogP contribution < -0.4 is 0 Å². The molecular weight excluding hydrogens is 380 g/mol. The Morgan fingerprint density at radius 1 is 1.17 bits per heavy atom. The van der Waals surface area contributed by atoms with E-state index < -0.39 is 5.41 Å². The molecule has 0 heterocycles. The van der Waals surface area contributed by atoms with Gasteiger partial charge in [0.2, 0.25) is 0 Å². The zero-order chi connectivity index (χ0) is 21.8. The Hall–Kier alpha value is -0.940. The number of methoxy groups -OCH3 is 1. The van der Waals surface area contributed by atoms with Gasteiger partial charge in [0.05, 0.1) is 19.3 Å². The minimum Gasteiger partial charge on any atom is -0.469 e. The van der Waals surface area contributed by atoms with Gasteiger partial charge in [-0.2, -0.15) is 0 Å². The van der Waals surface area contributed by atoms with Gasteiger partial charge in [0.1, 0.15) is 5.78 Å². The van der Waals surface area contributed by atoms with E-state index >= 15 is 0 Å². The summed E-state index contributed by atoms with van der Waals surface area (Å²) in [6, 6.07) is 0. The van der Waals surface area contributed by atoms with Crippen LogP contribution >= 0.6 is 0 Å². The monoisotopic (exact) mass is 420 g/mol. The van der Waals surface area contributed by atoms with Gasteiger partial charge in [0, 0.05) is 18.3 Å². The van der Waals surface area contributed by atoms with Crippen LogP contribution in [0.3, 0.4) is 0 Å². The third-order valence-electron chi connectivity index (χ3n) is 10.3. The van der Waals surface area contributed by atoms with Gasteiger partial charge in [0.25, 0.3) is 0 Å². The normalized spacial score (nSPS) is 49.0. The second-order valence-corrected chi connectivity index (χ2v) is 11.4. The molecule has 170 valence electrons. The predicted molar refractivity (Wildman–Crippen MR) is 113 cm³/mol. The van der Waals surface area contributed by atoms with Gasteiger partial charge < -0.3 is 14.9 Å². The fourth-order valence-corrected chi connectivity index (χ4v) is 8.51. The average molecular weight is 421 g/mol. The van der Waals surface area contributed by atoms with Crippen LogP contribution in [0.25, 0.3) is 0 Å². The quantitative estimate of drug-likeness (QED) is 0.677. The van der Waals surface area contributed by atoms with Crippen LogP contribution in [0.15, 0.2) is 0 Å². The van der Waals surface area contributed by atoms with Crippen LogP contribution in [0.5, 0.6) is 0 Å². The number of rotatable bonds is 4. The molecule has 4 aliphatic carbocycles. The number of aliphatic hydroxyl groups excluding tert-OH is 2. The van der Waals surface area contributed by atoms with Gasteiger partial charge in [-0.3, -0.25) is 9.59 Å². The molecule has 4 fully saturated rings. The maximum Gasteiger partial charge on any atom is 0.305 e. The summed E-state index contributed by atoms with van der Waals surface area (Å²) in [5.41, 5.74) is -0.343. The summed E-state index contributed by atoms with van der Waals surface area (Å²) in [5.74, 6) is 1.70.